The molecule has 0 bridgehead atoms. The van der Waals surface area contributed by atoms with Crippen LogP contribution in [0, 0.1) is 0 Å². The van der Waals surface area contributed by atoms with Crippen molar-refractivity contribution in [3.05, 3.63) is 52.5 Å². The van der Waals surface area contributed by atoms with Crippen LogP contribution < -0.4 is 4.74 Å². The molecule has 0 amide bonds. The SMILES string of the molecule is COc1ccc(C(=O)COC(=O)CCn2nnc3ccccc32)cc1Br. The summed E-state index contributed by atoms with van der Waals surface area (Å²) in [5.74, 6) is -0.128. The van der Waals surface area contributed by atoms with Crippen LogP contribution in [0.3, 0.4) is 0 Å². The number of hydrogen-bond acceptors (Lipinski definition) is 6. The van der Waals surface area contributed by atoms with Crippen LogP contribution in [0.1, 0.15) is 16.8 Å². The fourth-order valence-corrected chi connectivity index (χ4v) is 2.96. The summed E-state index contributed by atoms with van der Waals surface area (Å²) in [5.41, 5.74) is 2.05. The lowest BCUT2D eigenvalue weighted by Gasteiger charge is -2.07. The number of ether oxygens (including phenoxy) is 2. The summed E-state index contributed by atoms with van der Waals surface area (Å²) < 4.78 is 12.5. The molecular formula is C18H16BrN3O4. The van der Waals surface area contributed by atoms with Gasteiger partial charge in [-0.2, -0.15) is 0 Å². The molecule has 1 aromatic heterocycles. The standard InChI is InChI=1S/C18H16BrN3O4/c1-25-17-7-6-12(10-13(17)19)16(23)11-26-18(24)8-9-22-15-5-3-2-4-14(15)20-21-22/h2-7,10H,8-9,11H2,1H3. The number of rotatable bonds is 7. The Morgan fingerprint density at radius 3 is 2.77 bits per heavy atom. The number of ketones is 1. The molecule has 0 atom stereocenters. The number of nitrogens with zero attached hydrogens (tertiary/aromatic N) is 3. The second-order valence-electron chi connectivity index (χ2n) is 5.48. The summed E-state index contributed by atoms with van der Waals surface area (Å²) in [5, 5.41) is 8.04. The quantitative estimate of drug-likeness (QED) is 0.433. The predicted octanol–water partition coefficient (Wildman–Crippen LogP) is 3.02. The summed E-state index contributed by atoms with van der Waals surface area (Å²) in [6, 6.07) is 12.4. The second-order valence-corrected chi connectivity index (χ2v) is 6.34. The Labute approximate surface area is 158 Å². The molecule has 26 heavy (non-hydrogen) atoms. The Balaban J connectivity index is 1.52. The van der Waals surface area contributed by atoms with E-state index in [4.69, 9.17) is 9.47 Å². The first-order valence-corrected chi connectivity index (χ1v) is 8.68. The third kappa shape index (κ3) is 4.08. The van der Waals surface area contributed by atoms with Gasteiger partial charge in [-0.3, -0.25) is 9.59 Å². The highest BCUT2D eigenvalue weighted by atomic mass is 79.9. The van der Waals surface area contributed by atoms with Crippen molar-refractivity contribution in [3.63, 3.8) is 0 Å². The topological polar surface area (TPSA) is 83.3 Å². The molecular weight excluding hydrogens is 402 g/mol. The smallest absolute Gasteiger partial charge is 0.308 e. The lowest BCUT2D eigenvalue weighted by Crippen LogP contribution is -2.16. The second kappa shape index (κ2) is 8.09. The Morgan fingerprint density at radius 2 is 2.00 bits per heavy atom. The zero-order chi connectivity index (χ0) is 18.5. The largest absolute Gasteiger partial charge is 0.496 e. The monoisotopic (exact) mass is 417 g/mol. The van der Waals surface area contributed by atoms with Gasteiger partial charge in [0.05, 0.1) is 30.1 Å². The fourth-order valence-electron chi connectivity index (χ4n) is 2.42. The Hall–Kier alpha value is -2.74. The van der Waals surface area contributed by atoms with Crippen molar-refractivity contribution in [2.45, 2.75) is 13.0 Å². The van der Waals surface area contributed by atoms with Gasteiger partial charge in [0.1, 0.15) is 11.3 Å². The summed E-state index contributed by atoms with van der Waals surface area (Å²) in [6.07, 6.45) is 0.104. The van der Waals surface area contributed by atoms with Crippen LogP contribution in [0.5, 0.6) is 5.75 Å². The van der Waals surface area contributed by atoms with E-state index in [0.29, 0.717) is 22.3 Å². The number of Topliss-reactive ketones (excluding diaryl/α,β-unsaturated/α-hetero) is 1. The molecule has 8 heteroatoms. The van der Waals surface area contributed by atoms with E-state index in [1.54, 1.807) is 30.0 Å². The molecule has 7 nitrogen and oxygen atoms in total. The van der Waals surface area contributed by atoms with Gasteiger partial charge in [0, 0.05) is 5.56 Å². The molecule has 0 N–H and O–H groups in total. The minimum Gasteiger partial charge on any atom is -0.496 e. The molecule has 134 valence electrons. The molecule has 3 aromatic rings. The minimum atomic E-state index is -0.467. The van der Waals surface area contributed by atoms with Crippen LogP contribution in [0.15, 0.2) is 46.9 Å². The van der Waals surface area contributed by atoms with Crippen LogP contribution >= 0.6 is 15.9 Å². The number of esters is 1. The average Bonchev–Trinajstić information content (AvgIpc) is 3.07. The number of halogens is 1. The number of hydrogen-bond donors (Lipinski definition) is 0. The van der Waals surface area contributed by atoms with Gasteiger partial charge in [0.25, 0.3) is 0 Å². The maximum absolute atomic E-state index is 12.1. The van der Waals surface area contributed by atoms with Gasteiger partial charge < -0.3 is 9.47 Å². The highest BCUT2D eigenvalue weighted by Crippen LogP contribution is 2.25. The van der Waals surface area contributed by atoms with Gasteiger partial charge in [-0.15, -0.1) is 5.10 Å². The van der Waals surface area contributed by atoms with Gasteiger partial charge in [-0.25, -0.2) is 4.68 Å². The maximum Gasteiger partial charge on any atom is 0.308 e. The normalized spacial score (nSPS) is 10.7. The van der Waals surface area contributed by atoms with Crippen LogP contribution in [-0.2, 0) is 16.1 Å². The molecule has 0 saturated carbocycles. The number of benzene rings is 2. The van der Waals surface area contributed by atoms with E-state index >= 15 is 0 Å². The van der Waals surface area contributed by atoms with Crippen molar-refractivity contribution < 1.29 is 19.1 Å². The number of aryl methyl sites for hydroxylation is 1. The number of fused-ring (bicyclic) bond motifs is 1. The Morgan fingerprint density at radius 1 is 1.19 bits per heavy atom. The predicted molar refractivity (Wildman–Crippen MR) is 98.1 cm³/mol. The van der Waals surface area contributed by atoms with E-state index in [9.17, 15) is 9.59 Å². The average molecular weight is 418 g/mol. The van der Waals surface area contributed by atoms with Crippen molar-refractivity contribution in [2.24, 2.45) is 0 Å². The summed E-state index contributed by atoms with van der Waals surface area (Å²) in [4.78, 5) is 24.1. The summed E-state index contributed by atoms with van der Waals surface area (Å²) in [7, 11) is 1.54. The molecule has 0 saturated heterocycles. The van der Waals surface area contributed by atoms with Crippen molar-refractivity contribution in [3.8, 4) is 5.75 Å². The summed E-state index contributed by atoms with van der Waals surface area (Å²) >= 11 is 3.32. The summed E-state index contributed by atoms with van der Waals surface area (Å²) in [6.45, 7) is 0.0251. The van der Waals surface area contributed by atoms with Crippen LogP contribution in [0.2, 0.25) is 0 Å². The van der Waals surface area contributed by atoms with E-state index in [1.807, 2.05) is 24.3 Å². The van der Waals surface area contributed by atoms with E-state index in [2.05, 4.69) is 26.2 Å². The fraction of sp³-hybridized carbons (Fsp3) is 0.222. The van der Waals surface area contributed by atoms with Crippen molar-refractivity contribution in [1.82, 2.24) is 15.0 Å². The molecule has 0 aliphatic carbocycles. The first kappa shape index (κ1) is 18.1. The molecule has 0 radical (unpaired) electrons. The molecule has 3 rings (SSSR count). The van der Waals surface area contributed by atoms with E-state index < -0.39 is 5.97 Å². The number of carbonyl (C=O) groups is 2. The zero-order valence-corrected chi connectivity index (χ0v) is 15.6. The highest BCUT2D eigenvalue weighted by Gasteiger charge is 2.13. The van der Waals surface area contributed by atoms with Crippen LogP contribution in [-0.4, -0.2) is 40.5 Å². The number of para-hydroxylation sites is 1. The highest BCUT2D eigenvalue weighted by molar-refractivity contribution is 9.10. The van der Waals surface area contributed by atoms with Gasteiger partial charge in [-0.1, -0.05) is 17.3 Å². The molecule has 0 aliphatic heterocycles. The lowest BCUT2D eigenvalue weighted by atomic mass is 10.1. The van der Waals surface area contributed by atoms with E-state index in [0.717, 1.165) is 11.0 Å². The Bertz CT molecular complexity index is 955. The van der Waals surface area contributed by atoms with Crippen molar-refractivity contribution >= 4 is 38.7 Å². The number of carbonyl (C=O) groups excluding carboxylic acids is 2. The van der Waals surface area contributed by atoms with Crippen LogP contribution in [0.25, 0.3) is 11.0 Å². The van der Waals surface area contributed by atoms with Gasteiger partial charge >= 0.3 is 5.97 Å². The van der Waals surface area contributed by atoms with Crippen molar-refractivity contribution in [2.75, 3.05) is 13.7 Å². The maximum atomic E-state index is 12.1. The third-order valence-corrected chi connectivity index (χ3v) is 4.41. The Kier molecular flexibility index (Phi) is 5.62. The van der Waals surface area contributed by atoms with E-state index in [1.165, 1.54) is 0 Å². The van der Waals surface area contributed by atoms with Gasteiger partial charge in [-0.05, 0) is 46.3 Å². The molecule has 2 aromatic carbocycles. The molecule has 0 aliphatic rings. The van der Waals surface area contributed by atoms with Gasteiger partial charge in [0.2, 0.25) is 0 Å². The first-order valence-electron chi connectivity index (χ1n) is 7.89. The number of aromatic nitrogens is 3. The molecule has 1 heterocycles. The lowest BCUT2D eigenvalue weighted by molar-refractivity contribution is -0.142. The molecule has 0 spiro atoms. The minimum absolute atomic E-state index is 0.104. The van der Waals surface area contributed by atoms with E-state index in [-0.39, 0.29) is 18.8 Å². The molecule has 0 fully saturated rings. The van der Waals surface area contributed by atoms with Crippen LogP contribution in [0.4, 0.5) is 0 Å². The van der Waals surface area contributed by atoms with Gasteiger partial charge in [0.15, 0.2) is 12.4 Å². The zero-order valence-electron chi connectivity index (χ0n) is 14.0. The first-order chi connectivity index (χ1) is 12.6. The number of methoxy groups -OCH3 is 1. The van der Waals surface area contributed by atoms with Crippen molar-refractivity contribution in [1.29, 1.82) is 0 Å². The molecule has 0 unspecified atom stereocenters. The third-order valence-electron chi connectivity index (χ3n) is 3.79.